The van der Waals surface area contributed by atoms with Crippen LogP contribution in [-0.2, 0) is 0 Å². The van der Waals surface area contributed by atoms with Crippen LogP contribution in [0.4, 0.5) is 0 Å². The summed E-state index contributed by atoms with van der Waals surface area (Å²) >= 11 is 0. The van der Waals surface area contributed by atoms with Crippen LogP contribution in [0.1, 0.15) is 75.2 Å². The normalized spacial score (nSPS) is 21.4. The number of hydrogen-bond acceptors (Lipinski definition) is 3. The van der Waals surface area contributed by atoms with Gasteiger partial charge in [-0.2, -0.15) is 0 Å². The van der Waals surface area contributed by atoms with Crippen LogP contribution in [0.2, 0.25) is 0 Å². The molecule has 0 fully saturated rings. The Bertz CT molecular complexity index is 456. The van der Waals surface area contributed by atoms with Crippen molar-refractivity contribution in [2.24, 2.45) is 28.7 Å². The molecule has 2 aliphatic rings. The Morgan fingerprint density at radius 2 is 1.56 bits per heavy atom. The summed E-state index contributed by atoms with van der Waals surface area (Å²) < 4.78 is 0. The molecule has 0 aromatic heterocycles. The number of rotatable bonds is 6. The van der Waals surface area contributed by atoms with Gasteiger partial charge in [0.15, 0.2) is 0 Å². The van der Waals surface area contributed by atoms with Crippen LogP contribution < -0.4 is 5.32 Å². The number of aliphatic imine (C=N–C) groups is 1. The molecule has 0 spiro atoms. The summed E-state index contributed by atoms with van der Waals surface area (Å²) in [6.45, 7) is 22.5. The first-order chi connectivity index (χ1) is 11.6. The van der Waals surface area contributed by atoms with Crippen LogP contribution in [0.25, 0.3) is 0 Å². The predicted octanol–water partition coefficient (Wildman–Crippen LogP) is 5.34. The van der Waals surface area contributed by atoms with Gasteiger partial charge in [-0.15, -0.1) is 0 Å². The van der Waals surface area contributed by atoms with E-state index in [0.717, 1.165) is 30.8 Å². The van der Waals surface area contributed by atoms with Crippen molar-refractivity contribution in [1.82, 2.24) is 10.2 Å². The Morgan fingerprint density at radius 1 is 1.00 bits per heavy atom. The SMILES string of the molecule is CC(C)CC1CNC=C1C(C)C.CC1=NCC(CC(C)C)N1C(C)C.[Ar].[Ar]. The average molecular weight is 430 g/mol. The largest absolute Gasteiger partial charge is 0.390 e. The molecule has 27 heavy (non-hydrogen) atoms. The summed E-state index contributed by atoms with van der Waals surface area (Å²) in [5.41, 5.74) is 1.61. The zero-order valence-electron chi connectivity index (χ0n) is 19.0. The second-order valence-corrected chi connectivity index (χ2v) is 9.21. The van der Waals surface area contributed by atoms with Crippen LogP contribution in [0, 0.1) is 99.1 Å². The number of amidine groups is 1. The molecule has 0 saturated carbocycles. The maximum Gasteiger partial charge on any atom is 0.0963 e. The summed E-state index contributed by atoms with van der Waals surface area (Å²) in [6, 6.07) is 1.25. The van der Waals surface area contributed by atoms with Gasteiger partial charge in [0.2, 0.25) is 0 Å². The number of hydrogen-bond donors (Lipinski definition) is 1. The molecule has 2 atom stereocenters. The van der Waals surface area contributed by atoms with Gasteiger partial charge >= 0.3 is 0 Å². The van der Waals surface area contributed by atoms with Gasteiger partial charge in [0.25, 0.3) is 0 Å². The second-order valence-electron chi connectivity index (χ2n) is 9.21. The van der Waals surface area contributed by atoms with Gasteiger partial charge in [0, 0.05) is 88.1 Å². The third kappa shape index (κ3) is 10.9. The maximum absolute atomic E-state index is 4.52. The van der Waals surface area contributed by atoms with Gasteiger partial charge in [-0.3, -0.25) is 4.99 Å². The van der Waals surface area contributed by atoms with Gasteiger partial charge in [0.05, 0.1) is 18.4 Å². The fraction of sp³-hybridized carbons (Fsp3) is 0.864. The van der Waals surface area contributed by atoms with Crippen molar-refractivity contribution in [1.29, 1.82) is 0 Å². The summed E-state index contributed by atoms with van der Waals surface area (Å²) in [6.07, 6.45) is 4.81. The Morgan fingerprint density at radius 3 is 2.00 bits per heavy atom. The topological polar surface area (TPSA) is 27.6 Å². The van der Waals surface area contributed by atoms with E-state index in [1.165, 1.54) is 18.7 Å². The van der Waals surface area contributed by atoms with Gasteiger partial charge in [-0.05, 0) is 69.1 Å². The van der Waals surface area contributed by atoms with Crippen molar-refractivity contribution in [3.8, 4) is 0 Å². The Balaban J connectivity index is 0. The Labute approximate surface area is 229 Å². The van der Waals surface area contributed by atoms with E-state index in [-0.39, 0.29) is 75.5 Å². The molecule has 162 valence electrons. The standard InChI is InChI=1S/C11H22N2.C11H21N.2Ar/c1-8(2)6-11-7-12-10(5)13(11)9(3)4;1-8(2)5-10-6-12-7-11(10)9(3)4;;/h8-9,11H,6-7H2,1-5H3;7-10,12H,5-6H2,1-4H3;;. The zero-order chi connectivity index (χ0) is 19.1. The summed E-state index contributed by atoms with van der Waals surface area (Å²) in [5, 5.41) is 3.35. The molecule has 0 aliphatic carbocycles. The van der Waals surface area contributed by atoms with Crippen LogP contribution in [0.5, 0.6) is 0 Å². The smallest absolute Gasteiger partial charge is 0.0963 e. The third-order valence-corrected chi connectivity index (χ3v) is 5.12. The summed E-state index contributed by atoms with van der Waals surface area (Å²) in [4.78, 5) is 6.97. The second kappa shape index (κ2) is 15.3. The van der Waals surface area contributed by atoms with E-state index < -0.39 is 0 Å². The van der Waals surface area contributed by atoms with Crippen molar-refractivity contribution < 1.29 is 75.5 Å². The molecule has 0 bridgehead atoms. The molecule has 0 amide bonds. The van der Waals surface area contributed by atoms with Crippen molar-refractivity contribution in [2.75, 3.05) is 13.1 Å². The minimum atomic E-state index is 0. The van der Waals surface area contributed by atoms with Crippen molar-refractivity contribution in [2.45, 2.75) is 87.2 Å². The molecule has 2 unspecified atom stereocenters. The van der Waals surface area contributed by atoms with Gasteiger partial charge in [-0.25, -0.2) is 0 Å². The maximum atomic E-state index is 4.52. The number of nitrogens with zero attached hydrogens (tertiary/aromatic N) is 2. The van der Waals surface area contributed by atoms with Gasteiger partial charge in [-0.1, -0.05) is 41.5 Å². The van der Waals surface area contributed by atoms with E-state index in [2.05, 4.69) is 83.7 Å². The molecule has 2 heterocycles. The first-order valence-corrected chi connectivity index (χ1v) is 10.4. The van der Waals surface area contributed by atoms with E-state index in [0.29, 0.717) is 18.0 Å². The third-order valence-electron chi connectivity index (χ3n) is 5.12. The van der Waals surface area contributed by atoms with Crippen LogP contribution in [0.15, 0.2) is 16.8 Å². The van der Waals surface area contributed by atoms with E-state index in [9.17, 15) is 0 Å². The fourth-order valence-electron chi connectivity index (χ4n) is 4.18. The first-order valence-electron chi connectivity index (χ1n) is 10.4. The van der Waals surface area contributed by atoms with E-state index >= 15 is 0 Å². The van der Waals surface area contributed by atoms with Crippen molar-refractivity contribution in [3.63, 3.8) is 0 Å². The minimum Gasteiger partial charge on any atom is -0.390 e. The fourth-order valence-corrected chi connectivity index (χ4v) is 4.18. The minimum absolute atomic E-state index is 0. The van der Waals surface area contributed by atoms with E-state index in [1.807, 2.05) is 0 Å². The van der Waals surface area contributed by atoms with Crippen molar-refractivity contribution >= 4 is 5.84 Å². The molecule has 0 aromatic carbocycles. The van der Waals surface area contributed by atoms with E-state index in [4.69, 9.17) is 0 Å². The zero-order valence-corrected chi connectivity index (χ0v) is 20.4. The predicted molar refractivity (Wildman–Crippen MR) is 112 cm³/mol. The summed E-state index contributed by atoms with van der Waals surface area (Å²) in [5.74, 6) is 4.32. The summed E-state index contributed by atoms with van der Waals surface area (Å²) in [7, 11) is 0. The molecular formula is C22H43Ar2N3. The molecule has 0 saturated heterocycles. The molecule has 2 aliphatic heterocycles. The van der Waals surface area contributed by atoms with Gasteiger partial charge < -0.3 is 10.2 Å². The van der Waals surface area contributed by atoms with Crippen molar-refractivity contribution in [3.05, 3.63) is 11.8 Å². The molecule has 0 aromatic rings. The van der Waals surface area contributed by atoms with Crippen LogP contribution in [0.3, 0.4) is 0 Å². The average Bonchev–Trinajstić information content (AvgIpc) is 3.05. The Hall–Kier alpha value is 1.53. The molecular weight excluding hydrogens is 386 g/mol. The van der Waals surface area contributed by atoms with Gasteiger partial charge in [0.1, 0.15) is 0 Å². The van der Waals surface area contributed by atoms with Crippen LogP contribution in [-0.4, -0.2) is 35.9 Å². The molecule has 2 rings (SSSR count). The molecule has 0 radical (unpaired) electrons. The molecule has 3 nitrogen and oxygen atoms in total. The quantitative estimate of drug-likeness (QED) is 0.618. The first kappa shape index (κ1) is 30.7. The van der Waals surface area contributed by atoms with E-state index in [1.54, 1.807) is 5.57 Å². The number of nitrogens with one attached hydrogen (secondary N) is 1. The molecule has 1 N–H and O–H groups in total. The van der Waals surface area contributed by atoms with Crippen LogP contribution >= 0.6 is 0 Å². The Kier molecular flexibility index (Phi) is 17.5. The molecule has 5 heteroatoms. The monoisotopic (exact) mass is 429 g/mol.